The molecule has 1 atom stereocenters. The number of nitrogens with one attached hydrogen (secondary N) is 1. The third kappa shape index (κ3) is 4.71. The molecule has 3 heteroatoms. The zero-order valence-corrected chi connectivity index (χ0v) is 13.8. The van der Waals surface area contributed by atoms with Crippen LogP contribution in [-0.4, -0.2) is 31.2 Å². The van der Waals surface area contributed by atoms with Crippen LogP contribution in [-0.2, 0) is 12.8 Å². The van der Waals surface area contributed by atoms with E-state index in [1.165, 1.54) is 29.1 Å². The maximum atomic E-state index is 5.56. The molecule has 1 N–H and O–H groups in total. The Morgan fingerprint density at radius 1 is 1.30 bits per heavy atom. The van der Waals surface area contributed by atoms with E-state index in [0.717, 1.165) is 31.1 Å². The van der Waals surface area contributed by atoms with Crippen molar-refractivity contribution in [2.45, 2.75) is 39.2 Å². The van der Waals surface area contributed by atoms with E-state index in [4.69, 9.17) is 4.74 Å². The normalized spacial score (nSPS) is 15.2. The molecule has 0 amide bonds. The third-order valence-corrected chi connectivity index (χ3v) is 5.25. The van der Waals surface area contributed by atoms with Gasteiger partial charge in [-0.05, 0) is 48.8 Å². The molecule has 0 aromatic heterocycles. The lowest BCUT2D eigenvalue weighted by molar-refractivity contribution is 0.357. The lowest BCUT2D eigenvalue weighted by Crippen LogP contribution is -2.28. The first-order chi connectivity index (χ1) is 9.69. The van der Waals surface area contributed by atoms with Crippen LogP contribution >= 0.6 is 11.8 Å². The fraction of sp³-hybridized carbons (Fsp3) is 0.647. The molecule has 0 radical (unpaired) electrons. The van der Waals surface area contributed by atoms with Crippen LogP contribution in [0.4, 0.5) is 0 Å². The molecule has 0 saturated heterocycles. The van der Waals surface area contributed by atoms with Gasteiger partial charge < -0.3 is 10.1 Å². The summed E-state index contributed by atoms with van der Waals surface area (Å²) in [7, 11) is 2.08. The summed E-state index contributed by atoms with van der Waals surface area (Å²) in [6.07, 6.45) is 3.44. The van der Waals surface area contributed by atoms with Crippen LogP contribution < -0.4 is 10.1 Å². The summed E-state index contributed by atoms with van der Waals surface area (Å²) in [6, 6.07) is 7.30. The minimum atomic E-state index is 0.614. The number of fused-ring (bicyclic) bond motifs is 1. The Morgan fingerprint density at radius 3 is 2.90 bits per heavy atom. The quantitative estimate of drug-likeness (QED) is 0.792. The van der Waals surface area contributed by atoms with Crippen LogP contribution in [0.5, 0.6) is 5.75 Å². The van der Waals surface area contributed by atoms with Crippen LogP contribution in [0.2, 0.25) is 0 Å². The van der Waals surface area contributed by atoms with E-state index in [2.05, 4.69) is 56.2 Å². The summed E-state index contributed by atoms with van der Waals surface area (Å²) in [5.74, 6) is 4.34. The van der Waals surface area contributed by atoms with Crippen molar-refractivity contribution < 1.29 is 4.74 Å². The standard InChI is InChI=1S/C17H27NOS/c1-13(2)11-20-12-16(18-3)6-4-14-5-7-17-15(10-14)8-9-19-17/h5,7,10,13,16,18H,4,6,8-9,11-12H2,1-3H3. The van der Waals surface area contributed by atoms with Crippen molar-refractivity contribution in [1.82, 2.24) is 5.32 Å². The number of hydrogen-bond acceptors (Lipinski definition) is 3. The smallest absolute Gasteiger partial charge is 0.122 e. The van der Waals surface area contributed by atoms with Crippen molar-refractivity contribution in [3.05, 3.63) is 29.3 Å². The van der Waals surface area contributed by atoms with E-state index in [9.17, 15) is 0 Å². The summed E-state index contributed by atoms with van der Waals surface area (Å²) < 4.78 is 5.56. The van der Waals surface area contributed by atoms with Gasteiger partial charge in [0.2, 0.25) is 0 Å². The second-order valence-corrected chi connectivity index (χ2v) is 7.07. The topological polar surface area (TPSA) is 21.3 Å². The molecule has 0 spiro atoms. The van der Waals surface area contributed by atoms with E-state index in [1.54, 1.807) is 0 Å². The van der Waals surface area contributed by atoms with Gasteiger partial charge >= 0.3 is 0 Å². The Balaban J connectivity index is 1.77. The van der Waals surface area contributed by atoms with Gasteiger partial charge in [-0.2, -0.15) is 11.8 Å². The van der Waals surface area contributed by atoms with Crippen molar-refractivity contribution in [1.29, 1.82) is 0 Å². The fourth-order valence-electron chi connectivity index (χ4n) is 2.49. The average Bonchev–Trinajstić information content (AvgIpc) is 2.89. The Kier molecular flexibility index (Phi) is 6.24. The van der Waals surface area contributed by atoms with Gasteiger partial charge in [-0.3, -0.25) is 0 Å². The third-order valence-electron chi connectivity index (χ3n) is 3.71. The Labute approximate surface area is 127 Å². The number of hydrogen-bond donors (Lipinski definition) is 1. The predicted octanol–water partition coefficient (Wildman–Crippen LogP) is 3.53. The van der Waals surface area contributed by atoms with Gasteiger partial charge in [0.1, 0.15) is 5.75 Å². The lowest BCUT2D eigenvalue weighted by atomic mass is 10.0. The van der Waals surface area contributed by atoms with Crippen molar-refractivity contribution in [3.63, 3.8) is 0 Å². The summed E-state index contributed by atoms with van der Waals surface area (Å²) in [5, 5.41) is 3.45. The van der Waals surface area contributed by atoms with Crippen molar-refractivity contribution in [3.8, 4) is 5.75 Å². The van der Waals surface area contributed by atoms with Gasteiger partial charge in [-0.1, -0.05) is 26.0 Å². The minimum Gasteiger partial charge on any atom is -0.493 e. The van der Waals surface area contributed by atoms with E-state index in [1.807, 2.05) is 0 Å². The molecule has 1 aliphatic rings. The molecule has 1 aliphatic heterocycles. The first kappa shape index (κ1) is 15.7. The van der Waals surface area contributed by atoms with Gasteiger partial charge in [0.05, 0.1) is 6.61 Å². The molecule has 20 heavy (non-hydrogen) atoms. The predicted molar refractivity (Wildman–Crippen MR) is 89.0 cm³/mol. The molecule has 0 bridgehead atoms. The van der Waals surface area contributed by atoms with Gasteiger partial charge in [-0.25, -0.2) is 0 Å². The Hall–Kier alpha value is -0.670. The molecule has 0 saturated carbocycles. The molecule has 1 unspecified atom stereocenters. The molecular weight excluding hydrogens is 266 g/mol. The largest absolute Gasteiger partial charge is 0.493 e. The maximum Gasteiger partial charge on any atom is 0.122 e. The molecule has 2 rings (SSSR count). The van der Waals surface area contributed by atoms with E-state index in [-0.39, 0.29) is 0 Å². The van der Waals surface area contributed by atoms with E-state index >= 15 is 0 Å². The number of ether oxygens (including phenoxy) is 1. The highest BCUT2D eigenvalue weighted by Gasteiger charge is 2.13. The van der Waals surface area contributed by atoms with Crippen molar-refractivity contribution in [2.75, 3.05) is 25.2 Å². The monoisotopic (exact) mass is 293 g/mol. The average molecular weight is 293 g/mol. The molecule has 0 fully saturated rings. The van der Waals surface area contributed by atoms with E-state index in [0.29, 0.717) is 6.04 Å². The van der Waals surface area contributed by atoms with Gasteiger partial charge in [0.15, 0.2) is 0 Å². The van der Waals surface area contributed by atoms with Gasteiger partial charge in [0, 0.05) is 18.2 Å². The van der Waals surface area contributed by atoms with Crippen LogP contribution in [0.15, 0.2) is 18.2 Å². The Bertz CT molecular complexity index is 419. The van der Waals surface area contributed by atoms with Crippen LogP contribution in [0.25, 0.3) is 0 Å². The summed E-state index contributed by atoms with van der Waals surface area (Å²) >= 11 is 2.07. The molecule has 0 aliphatic carbocycles. The fourth-order valence-corrected chi connectivity index (χ4v) is 3.72. The molecule has 112 valence electrons. The number of rotatable bonds is 8. The minimum absolute atomic E-state index is 0.614. The van der Waals surface area contributed by atoms with Crippen LogP contribution in [0, 0.1) is 5.92 Å². The summed E-state index contributed by atoms with van der Waals surface area (Å²) in [4.78, 5) is 0. The number of aryl methyl sites for hydroxylation is 1. The van der Waals surface area contributed by atoms with Crippen molar-refractivity contribution >= 4 is 11.8 Å². The highest BCUT2D eigenvalue weighted by molar-refractivity contribution is 7.99. The van der Waals surface area contributed by atoms with Gasteiger partial charge in [0.25, 0.3) is 0 Å². The van der Waals surface area contributed by atoms with Crippen LogP contribution in [0.3, 0.4) is 0 Å². The highest BCUT2D eigenvalue weighted by Crippen LogP contribution is 2.26. The molecule has 2 nitrogen and oxygen atoms in total. The zero-order chi connectivity index (χ0) is 14.4. The first-order valence-corrected chi connectivity index (χ1v) is 8.84. The first-order valence-electron chi connectivity index (χ1n) is 7.68. The summed E-state index contributed by atoms with van der Waals surface area (Å²) in [6.45, 7) is 5.42. The van der Waals surface area contributed by atoms with Crippen molar-refractivity contribution in [2.24, 2.45) is 5.92 Å². The maximum absolute atomic E-state index is 5.56. The Morgan fingerprint density at radius 2 is 2.15 bits per heavy atom. The molecular formula is C17H27NOS. The lowest BCUT2D eigenvalue weighted by Gasteiger charge is -2.16. The molecule has 1 aromatic rings. The molecule has 1 heterocycles. The number of benzene rings is 1. The summed E-state index contributed by atoms with van der Waals surface area (Å²) in [5.41, 5.74) is 2.83. The van der Waals surface area contributed by atoms with Gasteiger partial charge in [-0.15, -0.1) is 0 Å². The zero-order valence-electron chi connectivity index (χ0n) is 12.9. The second-order valence-electron chi connectivity index (χ2n) is 6.00. The van der Waals surface area contributed by atoms with E-state index < -0.39 is 0 Å². The number of thioether (sulfide) groups is 1. The SMILES string of the molecule is CNC(CCc1ccc2c(c1)CCO2)CSCC(C)C. The highest BCUT2D eigenvalue weighted by atomic mass is 32.2. The van der Waals surface area contributed by atoms with Crippen LogP contribution in [0.1, 0.15) is 31.4 Å². The second kappa shape index (κ2) is 7.94. The molecule has 1 aromatic carbocycles.